The van der Waals surface area contributed by atoms with Crippen molar-refractivity contribution < 1.29 is 35.4 Å². The van der Waals surface area contributed by atoms with Crippen LogP contribution in [0.5, 0.6) is 0 Å². The molecule has 0 aliphatic carbocycles. The molecule has 2 unspecified atom stereocenters. The molecule has 27 heavy (non-hydrogen) atoms. The molecule has 7 nitrogen and oxygen atoms in total. The van der Waals surface area contributed by atoms with Crippen LogP contribution >= 0.6 is 22.9 Å². The molecule has 1 aromatic heterocycles. The minimum absolute atomic E-state index is 0.0710. The average molecular weight is 417 g/mol. The van der Waals surface area contributed by atoms with Gasteiger partial charge < -0.3 is 35.4 Å². The lowest BCUT2D eigenvalue weighted by molar-refractivity contribution is -0.357. The van der Waals surface area contributed by atoms with Gasteiger partial charge >= 0.3 is 0 Å². The Morgan fingerprint density at radius 3 is 2.48 bits per heavy atom. The van der Waals surface area contributed by atoms with Crippen molar-refractivity contribution in [3.8, 4) is 0 Å². The predicted molar refractivity (Wildman–Crippen MR) is 98.4 cm³/mol. The summed E-state index contributed by atoms with van der Waals surface area (Å²) in [7, 11) is 0. The smallest absolute Gasteiger partial charge is 0.222 e. The maximum Gasteiger partial charge on any atom is 0.222 e. The van der Waals surface area contributed by atoms with Crippen LogP contribution in [0.15, 0.2) is 30.3 Å². The number of aliphatic hydroxyl groups excluding tert-OH is 5. The molecule has 2 aromatic rings. The molecule has 1 aromatic carbocycles. The summed E-state index contributed by atoms with van der Waals surface area (Å²) in [6, 6.07) is 7.91. The molecule has 1 saturated heterocycles. The van der Waals surface area contributed by atoms with E-state index >= 15 is 0 Å². The first-order chi connectivity index (χ1) is 12.7. The molecule has 6 atom stereocenters. The van der Waals surface area contributed by atoms with Crippen LogP contribution in [-0.2, 0) is 10.5 Å². The highest BCUT2D eigenvalue weighted by molar-refractivity contribution is 7.16. The van der Waals surface area contributed by atoms with E-state index in [1.54, 1.807) is 25.1 Å². The van der Waals surface area contributed by atoms with Crippen LogP contribution in [-0.4, -0.2) is 61.7 Å². The van der Waals surface area contributed by atoms with Crippen molar-refractivity contribution in [1.82, 2.24) is 0 Å². The lowest BCUT2D eigenvalue weighted by atomic mass is 9.86. The number of aliphatic hydroxyl groups is 6. The lowest BCUT2D eigenvalue weighted by Crippen LogP contribution is -2.63. The Labute approximate surface area is 164 Å². The van der Waals surface area contributed by atoms with Gasteiger partial charge in [-0.05, 0) is 36.2 Å². The Morgan fingerprint density at radius 2 is 1.89 bits per heavy atom. The van der Waals surface area contributed by atoms with E-state index in [1.165, 1.54) is 23.5 Å². The summed E-state index contributed by atoms with van der Waals surface area (Å²) in [5, 5.41) is 61.2. The van der Waals surface area contributed by atoms with Crippen molar-refractivity contribution in [2.45, 2.75) is 43.2 Å². The fraction of sp³-hybridized carbons (Fsp3) is 0.444. The van der Waals surface area contributed by atoms with Gasteiger partial charge in [-0.25, -0.2) is 0 Å². The second-order valence-electron chi connectivity index (χ2n) is 6.58. The van der Waals surface area contributed by atoms with Gasteiger partial charge in [-0.2, -0.15) is 0 Å². The summed E-state index contributed by atoms with van der Waals surface area (Å²) in [6.45, 7) is 1.11. The number of aryl methyl sites for hydroxylation is 1. The van der Waals surface area contributed by atoms with Gasteiger partial charge in [-0.1, -0.05) is 23.7 Å². The summed E-state index contributed by atoms with van der Waals surface area (Å²) in [5.41, 5.74) is 1.25. The van der Waals surface area contributed by atoms with E-state index in [0.717, 1.165) is 5.56 Å². The Kier molecular flexibility index (Phi) is 5.93. The first-order valence-corrected chi connectivity index (χ1v) is 9.48. The molecule has 0 spiro atoms. The molecule has 2 heterocycles. The standard InChI is InChI=1S/C18H21ClO7S/c1-8-2-3-9(6-10(8)14(21)12-4-5-13(19)27-12)18(25)17(24)16(23)15(22)11(7-20)26-18/h2-6,11,14-17,20-25H,7H2,1H3/t11-,14?,15-,16+,17-,18?/m1/s1. The van der Waals surface area contributed by atoms with Crippen LogP contribution in [0.3, 0.4) is 0 Å². The molecule has 0 amide bonds. The molecule has 0 saturated carbocycles. The third-order valence-corrected chi connectivity index (χ3v) is 6.10. The Balaban J connectivity index is 2.01. The van der Waals surface area contributed by atoms with Crippen molar-refractivity contribution in [3.05, 3.63) is 56.2 Å². The van der Waals surface area contributed by atoms with Gasteiger partial charge in [-0.15, -0.1) is 11.3 Å². The van der Waals surface area contributed by atoms with Gasteiger partial charge in [0.1, 0.15) is 30.5 Å². The van der Waals surface area contributed by atoms with E-state index in [1.807, 2.05) is 0 Å². The first kappa shape index (κ1) is 20.7. The molecule has 9 heteroatoms. The van der Waals surface area contributed by atoms with Crippen molar-refractivity contribution in [2.75, 3.05) is 6.61 Å². The van der Waals surface area contributed by atoms with Crippen molar-refractivity contribution in [1.29, 1.82) is 0 Å². The zero-order chi connectivity index (χ0) is 19.9. The molecule has 1 aliphatic heterocycles. The minimum Gasteiger partial charge on any atom is -0.394 e. The minimum atomic E-state index is -2.37. The normalized spacial score (nSPS) is 32.4. The van der Waals surface area contributed by atoms with Crippen LogP contribution in [0.4, 0.5) is 0 Å². The third kappa shape index (κ3) is 3.65. The number of thiophene rings is 1. The molecule has 148 valence electrons. The van der Waals surface area contributed by atoms with E-state index in [-0.39, 0.29) is 5.56 Å². The Morgan fingerprint density at radius 1 is 1.19 bits per heavy atom. The van der Waals surface area contributed by atoms with E-state index in [9.17, 15) is 30.6 Å². The fourth-order valence-corrected chi connectivity index (χ4v) is 4.24. The highest BCUT2D eigenvalue weighted by atomic mass is 35.5. The zero-order valence-corrected chi connectivity index (χ0v) is 15.9. The summed E-state index contributed by atoms with van der Waals surface area (Å²) >= 11 is 7.14. The second-order valence-corrected chi connectivity index (χ2v) is 8.32. The van der Waals surface area contributed by atoms with Gasteiger partial charge in [0.25, 0.3) is 0 Å². The van der Waals surface area contributed by atoms with Crippen LogP contribution in [0.2, 0.25) is 4.34 Å². The molecule has 3 rings (SSSR count). The zero-order valence-electron chi connectivity index (χ0n) is 14.4. The molecule has 1 aliphatic rings. The van der Waals surface area contributed by atoms with E-state index in [4.69, 9.17) is 16.3 Å². The topological polar surface area (TPSA) is 131 Å². The first-order valence-electron chi connectivity index (χ1n) is 8.28. The number of rotatable bonds is 4. The number of halogens is 1. The highest BCUT2D eigenvalue weighted by Gasteiger charge is 2.53. The van der Waals surface area contributed by atoms with Gasteiger partial charge in [0, 0.05) is 10.4 Å². The number of hydrogen-bond acceptors (Lipinski definition) is 8. The summed E-state index contributed by atoms with van der Waals surface area (Å²) in [4.78, 5) is 0.598. The molecule has 1 fully saturated rings. The molecule has 0 bridgehead atoms. The van der Waals surface area contributed by atoms with E-state index in [0.29, 0.717) is 14.8 Å². The van der Waals surface area contributed by atoms with Gasteiger partial charge in [0.05, 0.1) is 10.9 Å². The van der Waals surface area contributed by atoms with Gasteiger partial charge in [0.15, 0.2) is 0 Å². The average Bonchev–Trinajstić information content (AvgIpc) is 3.09. The SMILES string of the molecule is Cc1ccc(C2(O)O[C@H](CO)[C@@H](O)[C@H](O)[C@H]2O)cc1C(O)c1ccc(Cl)s1. The van der Waals surface area contributed by atoms with Crippen LogP contribution in [0, 0.1) is 6.92 Å². The van der Waals surface area contributed by atoms with Crippen molar-refractivity contribution >= 4 is 22.9 Å². The second kappa shape index (κ2) is 7.75. The molecular weight excluding hydrogens is 396 g/mol. The Hall–Kier alpha value is -1.07. The largest absolute Gasteiger partial charge is 0.394 e. The summed E-state index contributed by atoms with van der Waals surface area (Å²) < 4.78 is 5.85. The lowest BCUT2D eigenvalue weighted by Gasteiger charge is -2.45. The molecule has 0 radical (unpaired) electrons. The maximum absolute atomic E-state index is 10.9. The number of hydrogen-bond donors (Lipinski definition) is 6. The summed E-state index contributed by atoms with van der Waals surface area (Å²) in [6.07, 6.45) is -7.46. The van der Waals surface area contributed by atoms with Crippen LogP contribution < -0.4 is 0 Å². The van der Waals surface area contributed by atoms with Crippen molar-refractivity contribution in [3.63, 3.8) is 0 Å². The fourth-order valence-electron chi connectivity index (χ4n) is 3.18. The van der Waals surface area contributed by atoms with E-state index in [2.05, 4.69) is 0 Å². The van der Waals surface area contributed by atoms with Crippen molar-refractivity contribution in [2.24, 2.45) is 0 Å². The molecular formula is C18H21ClO7S. The Bertz CT molecular complexity index is 811. The number of ether oxygens (including phenoxy) is 1. The van der Waals surface area contributed by atoms with E-state index < -0.39 is 42.9 Å². The van der Waals surface area contributed by atoms with Crippen LogP contribution in [0.1, 0.15) is 27.7 Å². The quantitative estimate of drug-likeness (QED) is 0.425. The monoisotopic (exact) mass is 416 g/mol. The third-order valence-electron chi connectivity index (χ3n) is 4.82. The van der Waals surface area contributed by atoms with Gasteiger partial charge in [0.2, 0.25) is 5.79 Å². The maximum atomic E-state index is 10.9. The predicted octanol–water partition coefficient (Wildman–Crippen LogP) is 0.411. The summed E-state index contributed by atoms with van der Waals surface area (Å²) in [5.74, 6) is -2.37. The highest BCUT2D eigenvalue weighted by Crippen LogP contribution is 2.39. The molecule has 6 N–H and O–H groups in total. The van der Waals surface area contributed by atoms with Crippen LogP contribution in [0.25, 0.3) is 0 Å². The van der Waals surface area contributed by atoms with Gasteiger partial charge in [-0.3, -0.25) is 0 Å². The number of benzene rings is 1.